The molecule has 4 nitrogen and oxygen atoms in total. The molecule has 126 valence electrons. The van der Waals surface area contributed by atoms with Gasteiger partial charge in [-0.05, 0) is 50.1 Å². The fourth-order valence-electron chi connectivity index (χ4n) is 3.05. The minimum Gasteiger partial charge on any atom is -0.322 e. The molecule has 3 rings (SSSR count). The lowest BCUT2D eigenvalue weighted by atomic mass is 10.1. The smallest absolute Gasteiger partial charge is 0.255 e. The lowest BCUT2D eigenvalue weighted by Gasteiger charge is -2.12. The van der Waals surface area contributed by atoms with E-state index in [0.717, 1.165) is 31.2 Å². The van der Waals surface area contributed by atoms with Gasteiger partial charge in [0.15, 0.2) is 9.84 Å². The molecule has 0 aliphatic heterocycles. The molecule has 24 heavy (non-hydrogen) atoms. The minimum atomic E-state index is -3.32. The number of benzene rings is 2. The number of carbonyl (C=O) groups excluding carboxylic acids is 1. The van der Waals surface area contributed by atoms with Crippen molar-refractivity contribution in [3.05, 3.63) is 59.7 Å². The quantitative estimate of drug-likeness (QED) is 0.914. The molecule has 0 atom stereocenters. The van der Waals surface area contributed by atoms with Gasteiger partial charge in [0.2, 0.25) is 0 Å². The number of anilines is 1. The molecule has 1 aliphatic carbocycles. The Labute approximate surface area is 142 Å². The fraction of sp³-hybridized carbons (Fsp3) is 0.316. The zero-order chi connectivity index (χ0) is 17.2. The van der Waals surface area contributed by atoms with Crippen LogP contribution in [0, 0.1) is 6.92 Å². The third kappa shape index (κ3) is 3.51. The minimum absolute atomic E-state index is 0.245. The topological polar surface area (TPSA) is 63.2 Å². The van der Waals surface area contributed by atoms with Gasteiger partial charge in [0.25, 0.3) is 5.91 Å². The molecule has 0 heterocycles. The molecule has 1 saturated carbocycles. The highest BCUT2D eigenvalue weighted by molar-refractivity contribution is 7.92. The summed E-state index contributed by atoms with van der Waals surface area (Å²) in [7, 11) is -3.32. The van der Waals surface area contributed by atoms with Crippen molar-refractivity contribution >= 4 is 21.4 Å². The van der Waals surface area contributed by atoms with Crippen LogP contribution in [0.5, 0.6) is 0 Å². The maximum atomic E-state index is 12.7. The van der Waals surface area contributed by atoms with Crippen LogP contribution < -0.4 is 5.32 Å². The molecule has 0 unspecified atom stereocenters. The van der Waals surface area contributed by atoms with Gasteiger partial charge in [-0.1, -0.05) is 36.6 Å². The molecule has 0 bridgehead atoms. The second-order valence-electron chi connectivity index (χ2n) is 6.30. The van der Waals surface area contributed by atoms with E-state index >= 15 is 0 Å². The van der Waals surface area contributed by atoms with Gasteiger partial charge in [0, 0.05) is 11.3 Å². The molecule has 0 spiro atoms. The van der Waals surface area contributed by atoms with E-state index < -0.39 is 9.84 Å². The number of nitrogens with one attached hydrogen (secondary N) is 1. The number of hydrogen-bond acceptors (Lipinski definition) is 3. The second-order valence-corrected chi connectivity index (χ2v) is 8.53. The van der Waals surface area contributed by atoms with Crippen molar-refractivity contribution in [2.45, 2.75) is 42.8 Å². The van der Waals surface area contributed by atoms with Crippen LogP contribution in [0.25, 0.3) is 0 Å². The van der Waals surface area contributed by atoms with Crippen molar-refractivity contribution < 1.29 is 13.2 Å². The first-order valence-corrected chi connectivity index (χ1v) is 9.73. The Morgan fingerprint density at radius 3 is 2.38 bits per heavy atom. The molecule has 1 aliphatic rings. The van der Waals surface area contributed by atoms with Crippen LogP contribution in [0.4, 0.5) is 5.69 Å². The van der Waals surface area contributed by atoms with E-state index in [2.05, 4.69) is 5.32 Å². The third-order valence-corrected chi connectivity index (χ3v) is 6.74. The summed E-state index contributed by atoms with van der Waals surface area (Å²) in [5.74, 6) is -0.245. The van der Waals surface area contributed by atoms with Crippen LogP contribution in [0.1, 0.15) is 41.6 Å². The Morgan fingerprint density at radius 2 is 1.71 bits per heavy atom. The van der Waals surface area contributed by atoms with Crippen LogP contribution in [0.15, 0.2) is 53.4 Å². The maximum Gasteiger partial charge on any atom is 0.255 e. The van der Waals surface area contributed by atoms with Gasteiger partial charge >= 0.3 is 0 Å². The van der Waals surface area contributed by atoms with E-state index in [9.17, 15) is 13.2 Å². The molecule has 2 aromatic carbocycles. The summed E-state index contributed by atoms with van der Waals surface area (Å²) in [5, 5.41) is 2.49. The van der Waals surface area contributed by atoms with E-state index in [-0.39, 0.29) is 16.1 Å². The number of sulfone groups is 1. The van der Waals surface area contributed by atoms with Crippen molar-refractivity contribution in [2.75, 3.05) is 5.32 Å². The van der Waals surface area contributed by atoms with Gasteiger partial charge in [-0.3, -0.25) is 4.79 Å². The number of aryl methyl sites for hydroxylation is 1. The summed E-state index contributed by atoms with van der Waals surface area (Å²) in [4.78, 5) is 12.6. The lowest BCUT2D eigenvalue weighted by Crippen LogP contribution is -2.18. The van der Waals surface area contributed by atoms with Gasteiger partial charge in [0.1, 0.15) is 0 Å². The van der Waals surface area contributed by atoms with E-state index in [1.165, 1.54) is 0 Å². The van der Waals surface area contributed by atoms with Crippen LogP contribution in [-0.2, 0) is 9.84 Å². The van der Waals surface area contributed by atoms with E-state index in [1.807, 2.05) is 19.1 Å². The summed E-state index contributed by atoms with van der Waals surface area (Å²) in [5.41, 5.74) is 2.13. The number of hydrogen-bond donors (Lipinski definition) is 1. The van der Waals surface area contributed by atoms with Gasteiger partial charge in [-0.2, -0.15) is 0 Å². The van der Waals surface area contributed by atoms with Crippen molar-refractivity contribution in [3.8, 4) is 0 Å². The highest BCUT2D eigenvalue weighted by Crippen LogP contribution is 2.30. The average Bonchev–Trinajstić information content (AvgIpc) is 3.11. The molecule has 5 heteroatoms. The number of carbonyl (C=O) groups is 1. The average molecular weight is 343 g/mol. The molecular formula is C19H21NO3S. The third-order valence-electron chi connectivity index (χ3n) is 4.48. The Bertz CT molecular complexity index is 835. The predicted octanol–water partition coefficient (Wildman–Crippen LogP) is 3.96. The molecule has 0 aromatic heterocycles. The largest absolute Gasteiger partial charge is 0.322 e. The normalized spacial score (nSPS) is 15.4. The van der Waals surface area contributed by atoms with Crippen LogP contribution in [0.2, 0.25) is 0 Å². The number of amides is 1. The van der Waals surface area contributed by atoms with Gasteiger partial charge in [0.05, 0.1) is 10.1 Å². The summed E-state index contributed by atoms with van der Waals surface area (Å²) < 4.78 is 25.3. The van der Waals surface area contributed by atoms with Crippen molar-refractivity contribution in [2.24, 2.45) is 0 Å². The Kier molecular flexibility index (Phi) is 4.71. The van der Waals surface area contributed by atoms with Gasteiger partial charge < -0.3 is 5.32 Å². The SMILES string of the molecule is Cc1ccc(C(=O)Nc2cccc(S(=O)(=O)C3CCCC3)c2)cc1. The van der Waals surface area contributed by atoms with Crippen LogP contribution in [-0.4, -0.2) is 19.6 Å². The van der Waals surface area contributed by atoms with Crippen molar-refractivity contribution in [3.63, 3.8) is 0 Å². The Morgan fingerprint density at radius 1 is 1.04 bits per heavy atom. The molecular weight excluding hydrogens is 322 g/mol. The summed E-state index contributed by atoms with van der Waals surface area (Å²) in [6.07, 6.45) is 3.38. The molecule has 0 radical (unpaired) electrons. The Hall–Kier alpha value is -2.14. The molecule has 1 amide bonds. The molecule has 1 N–H and O–H groups in total. The summed E-state index contributed by atoms with van der Waals surface area (Å²) in [6, 6.07) is 13.8. The first-order valence-electron chi connectivity index (χ1n) is 8.19. The first kappa shape index (κ1) is 16.7. The standard InChI is InChI=1S/C19H21NO3S/c1-14-9-11-15(12-10-14)19(21)20-16-5-4-8-18(13-16)24(22,23)17-6-2-3-7-17/h4-5,8-13,17H,2-3,6-7H2,1H3,(H,20,21). The predicted molar refractivity (Wildman–Crippen MR) is 95.0 cm³/mol. The second kappa shape index (κ2) is 6.77. The summed E-state index contributed by atoms with van der Waals surface area (Å²) >= 11 is 0. The monoisotopic (exact) mass is 343 g/mol. The van der Waals surface area contributed by atoms with Gasteiger partial charge in [-0.25, -0.2) is 8.42 Å². The van der Waals surface area contributed by atoms with Crippen LogP contribution in [0.3, 0.4) is 0 Å². The molecule has 0 saturated heterocycles. The first-order chi connectivity index (χ1) is 11.5. The van der Waals surface area contributed by atoms with Gasteiger partial charge in [-0.15, -0.1) is 0 Å². The number of rotatable bonds is 4. The van der Waals surface area contributed by atoms with E-state index in [1.54, 1.807) is 36.4 Å². The Balaban J connectivity index is 1.80. The van der Waals surface area contributed by atoms with Crippen LogP contribution >= 0.6 is 0 Å². The highest BCUT2D eigenvalue weighted by atomic mass is 32.2. The van der Waals surface area contributed by atoms with E-state index in [4.69, 9.17) is 0 Å². The van der Waals surface area contributed by atoms with Crippen molar-refractivity contribution in [1.29, 1.82) is 0 Å². The fourth-order valence-corrected chi connectivity index (χ4v) is 4.95. The lowest BCUT2D eigenvalue weighted by molar-refractivity contribution is 0.102. The maximum absolute atomic E-state index is 12.7. The summed E-state index contributed by atoms with van der Waals surface area (Å²) in [6.45, 7) is 1.96. The van der Waals surface area contributed by atoms with Crippen molar-refractivity contribution in [1.82, 2.24) is 0 Å². The zero-order valence-corrected chi connectivity index (χ0v) is 14.5. The zero-order valence-electron chi connectivity index (χ0n) is 13.7. The highest BCUT2D eigenvalue weighted by Gasteiger charge is 2.30. The molecule has 1 fully saturated rings. The molecule has 2 aromatic rings. The van der Waals surface area contributed by atoms with E-state index in [0.29, 0.717) is 11.3 Å².